The summed E-state index contributed by atoms with van der Waals surface area (Å²) in [5, 5.41) is 5.78. The van der Waals surface area contributed by atoms with Crippen LogP contribution in [0.25, 0.3) is 22.0 Å². The third-order valence-electron chi connectivity index (χ3n) is 5.32. The fraction of sp³-hybridized carbons (Fsp3) is 0.444. The molecule has 1 saturated heterocycles. The zero-order valence-corrected chi connectivity index (χ0v) is 14.3. The van der Waals surface area contributed by atoms with E-state index in [0.717, 1.165) is 19.4 Å². The van der Waals surface area contributed by atoms with E-state index < -0.39 is 16.8 Å². The van der Waals surface area contributed by atoms with Gasteiger partial charge in [0.15, 0.2) is 5.39 Å². The highest BCUT2D eigenvalue weighted by atomic mass is 19.1. The Bertz CT molecular complexity index is 1140. The minimum atomic E-state index is -0.568. The molecule has 7 nitrogen and oxygen atoms in total. The van der Waals surface area contributed by atoms with Gasteiger partial charge in [0, 0.05) is 37.1 Å². The number of rotatable bonds is 2. The van der Waals surface area contributed by atoms with Gasteiger partial charge in [0.1, 0.15) is 5.82 Å². The van der Waals surface area contributed by atoms with Crippen LogP contribution in [0.2, 0.25) is 0 Å². The van der Waals surface area contributed by atoms with E-state index in [4.69, 9.17) is 4.52 Å². The highest BCUT2D eigenvalue weighted by Crippen LogP contribution is 2.40. The summed E-state index contributed by atoms with van der Waals surface area (Å²) >= 11 is 0. The summed E-state index contributed by atoms with van der Waals surface area (Å²) in [6.07, 6.45) is 1.89. The van der Waals surface area contributed by atoms with Gasteiger partial charge in [-0.2, -0.15) is 5.16 Å². The number of hydrogen-bond acceptors (Lipinski definition) is 5. The van der Waals surface area contributed by atoms with Crippen molar-refractivity contribution in [2.75, 3.05) is 24.5 Å². The van der Waals surface area contributed by atoms with Gasteiger partial charge >= 0.3 is 0 Å². The Morgan fingerprint density at radius 2 is 2.08 bits per heavy atom. The summed E-state index contributed by atoms with van der Waals surface area (Å²) in [7, 11) is 0. The topological polar surface area (TPSA) is 83.3 Å². The fourth-order valence-electron chi connectivity index (χ4n) is 3.93. The van der Waals surface area contributed by atoms with Crippen LogP contribution in [-0.4, -0.2) is 35.4 Å². The predicted octanol–water partition coefficient (Wildman–Crippen LogP) is 1.71. The molecule has 0 radical (unpaired) electrons. The first kappa shape index (κ1) is 15.6. The summed E-state index contributed by atoms with van der Waals surface area (Å²) in [5.41, 5.74) is 0.302. The van der Waals surface area contributed by atoms with Crippen LogP contribution in [-0.2, 0) is 0 Å². The summed E-state index contributed by atoms with van der Waals surface area (Å²) in [6.45, 7) is 4.22. The van der Waals surface area contributed by atoms with Crippen LogP contribution in [0, 0.1) is 5.82 Å². The van der Waals surface area contributed by atoms with Crippen LogP contribution in [0.15, 0.2) is 26.2 Å². The van der Waals surface area contributed by atoms with Gasteiger partial charge in [0.25, 0.3) is 5.56 Å². The van der Waals surface area contributed by atoms with E-state index in [-0.39, 0.29) is 28.6 Å². The number of benzene rings is 1. The normalized spacial score (nSPS) is 21.0. The number of hydrogen-bond donors (Lipinski definition) is 2. The predicted molar refractivity (Wildman–Crippen MR) is 96.5 cm³/mol. The molecule has 3 heterocycles. The zero-order chi connectivity index (χ0) is 18.0. The zero-order valence-electron chi connectivity index (χ0n) is 14.3. The lowest BCUT2D eigenvalue weighted by molar-refractivity contribution is 0.428. The number of nitrogens with zero attached hydrogens (tertiary/aromatic N) is 2. The number of fused-ring (bicyclic) bond motifs is 2. The van der Waals surface area contributed by atoms with Gasteiger partial charge in [-0.15, -0.1) is 0 Å². The van der Waals surface area contributed by atoms with Crippen molar-refractivity contribution >= 4 is 27.7 Å². The quantitative estimate of drug-likeness (QED) is 0.729. The molecule has 2 aliphatic rings. The molecule has 26 heavy (non-hydrogen) atoms. The monoisotopic (exact) mass is 358 g/mol. The second-order valence-corrected chi connectivity index (χ2v) is 7.27. The Labute approximate surface area is 147 Å². The molecule has 1 aliphatic carbocycles. The first-order valence-electron chi connectivity index (χ1n) is 8.92. The Morgan fingerprint density at radius 3 is 2.81 bits per heavy atom. The lowest BCUT2D eigenvalue weighted by Gasteiger charge is -2.34. The molecule has 1 unspecified atom stereocenters. The van der Waals surface area contributed by atoms with E-state index >= 15 is 0 Å². The van der Waals surface area contributed by atoms with Crippen LogP contribution in [0.5, 0.6) is 0 Å². The number of pyridine rings is 1. The number of halogens is 1. The van der Waals surface area contributed by atoms with Crippen molar-refractivity contribution in [2.24, 2.45) is 0 Å². The first-order valence-corrected chi connectivity index (χ1v) is 8.92. The molecule has 1 aromatic carbocycles. The summed E-state index contributed by atoms with van der Waals surface area (Å²) in [5.74, 6) is -0.440. The van der Waals surface area contributed by atoms with E-state index in [1.54, 1.807) is 6.07 Å². The number of aromatic amines is 1. The van der Waals surface area contributed by atoms with Crippen LogP contribution in [0.3, 0.4) is 0 Å². The molecule has 5 rings (SSSR count). The summed E-state index contributed by atoms with van der Waals surface area (Å²) < 4.78 is 22.1. The minimum absolute atomic E-state index is 0.0349. The van der Waals surface area contributed by atoms with Crippen molar-refractivity contribution < 1.29 is 8.91 Å². The van der Waals surface area contributed by atoms with Crippen LogP contribution in [0.1, 0.15) is 25.8 Å². The molecule has 3 aromatic rings. The molecule has 2 fully saturated rings. The SMILES string of the molecule is CC1CN(c2cc3c(cc2F)c(=O)c2c(=O)[nH]oc2n3C2CC2)CCN1. The summed E-state index contributed by atoms with van der Waals surface area (Å²) in [4.78, 5) is 26.8. The van der Waals surface area contributed by atoms with Gasteiger partial charge in [0.2, 0.25) is 11.1 Å². The Hall–Kier alpha value is -2.61. The average molecular weight is 358 g/mol. The molecule has 8 heteroatoms. The second-order valence-electron chi connectivity index (χ2n) is 7.27. The molecule has 1 atom stereocenters. The lowest BCUT2D eigenvalue weighted by Crippen LogP contribution is -2.49. The number of aromatic nitrogens is 2. The van der Waals surface area contributed by atoms with Crippen LogP contribution in [0.4, 0.5) is 10.1 Å². The van der Waals surface area contributed by atoms with Crippen molar-refractivity contribution in [2.45, 2.75) is 31.8 Å². The molecular weight excluding hydrogens is 339 g/mol. The number of piperazine rings is 1. The van der Waals surface area contributed by atoms with Crippen molar-refractivity contribution in [1.29, 1.82) is 0 Å². The van der Waals surface area contributed by atoms with Gasteiger partial charge in [-0.3, -0.25) is 9.59 Å². The van der Waals surface area contributed by atoms with Gasteiger partial charge in [0.05, 0.1) is 11.2 Å². The lowest BCUT2D eigenvalue weighted by atomic mass is 10.1. The van der Waals surface area contributed by atoms with Crippen molar-refractivity contribution in [3.8, 4) is 0 Å². The maximum absolute atomic E-state index is 14.9. The van der Waals surface area contributed by atoms with Crippen molar-refractivity contribution in [3.05, 3.63) is 38.5 Å². The Balaban J connectivity index is 1.82. The largest absolute Gasteiger partial charge is 0.366 e. The van der Waals surface area contributed by atoms with Crippen molar-refractivity contribution in [3.63, 3.8) is 0 Å². The maximum atomic E-state index is 14.9. The molecular formula is C18H19FN4O3. The highest BCUT2D eigenvalue weighted by Gasteiger charge is 2.31. The standard InChI is InChI=1S/C18H19FN4O3/c1-9-8-22(5-4-20-9)14-7-13-11(6-12(14)19)16(24)15-17(25)21-26-18(15)23(13)10-2-3-10/h6-7,9-10,20H,2-5,8H2,1H3,(H,21,25). The van der Waals surface area contributed by atoms with Crippen LogP contribution >= 0.6 is 0 Å². The smallest absolute Gasteiger partial charge is 0.293 e. The first-order chi connectivity index (χ1) is 12.5. The number of H-pyrrole nitrogens is 1. The third-order valence-corrected chi connectivity index (χ3v) is 5.32. The molecule has 2 N–H and O–H groups in total. The number of nitrogens with one attached hydrogen (secondary N) is 2. The van der Waals surface area contributed by atoms with Gasteiger partial charge < -0.3 is 19.3 Å². The van der Waals surface area contributed by atoms with E-state index in [9.17, 15) is 14.0 Å². The van der Waals surface area contributed by atoms with E-state index in [0.29, 0.717) is 24.3 Å². The average Bonchev–Trinajstić information content (AvgIpc) is 3.38. The molecule has 0 bridgehead atoms. The number of anilines is 1. The van der Waals surface area contributed by atoms with Gasteiger partial charge in [-0.05, 0) is 31.9 Å². The van der Waals surface area contributed by atoms with Crippen molar-refractivity contribution in [1.82, 2.24) is 15.0 Å². The highest BCUT2D eigenvalue weighted by molar-refractivity contribution is 5.93. The fourth-order valence-corrected chi connectivity index (χ4v) is 3.93. The van der Waals surface area contributed by atoms with Crippen LogP contribution < -0.4 is 21.2 Å². The van der Waals surface area contributed by atoms with E-state index in [1.165, 1.54) is 6.07 Å². The van der Waals surface area contributed by atoms with E-state index in [2.05, 4.69) is 17.4 Å². The molecule has 0 spiro atoms. The molecule has 136 valence electrons. The molecule has 1 saturated carbocycles. The molecule has 1 aliphatic heterocycles. The van der Waals surface area contributed by atoms with E-state index in [1.807, 2.05) is 9.47 Å². The molecule has 2 aromatic heterocycles. The Kier molecular flexibility index (Phi) is 3.27. The van der Waals surface area contributed by atoms with Gasteiger partial charge in [-0.25, -0.2) is 4.39 Å². The third kappa shape index (κ3) is 2.21. The summed E-state index contributed by atoms with van der Waals surface area (Å²) in [6, 6.07) is 3.42. The Morgan fingerprint density at radius 1 is 1.27 bits per heavy atom. The minimum Gasteiger partial charge on any atom is -0.366 e. The maximum Gasteiger partial charge on any atom is 0.293 e. The second kappa shape index (κ2) is 5.44. The molecule has 0 amide bonds. The van der Waals surface area contributed by atoms with Gasteiger partial charge in [-0.1, -0.05) is 0 Å².